The summed E-state index contributed by atoms with van der Waals surface area (Å²) in [4.78, 5) is 14.0. The van der Waals surface area contributed by atoms with Crippen LogP contribution < -0.4 is 5.32 Å². The van der Waals surface area contributed by atoms with E-state index in [2.05, 4.69) is 10.3 Å². The van der Waals surface area contributed by atoms with Crippen molar-refractivity contribution in [1.82, 2.24) is 4.98 Å². The number of aromatic carboxylic acids is 1. The molecule has 0 amide bonds. The van der Waals surface area contributed by atoms with Crippen molar-refractivity contribution in [2.24, 2.45) is 0 Å². The van der Waals surface area contributed by atoms with E-state index in [0.717, 1.165) is 11.3 Å². The molecule has 1 aromatic rings. The molecular formula is C7H7F3N2O2S. The Morgan fingerprint density at radius 3 is 2.73 bits per heavy atom. The number of halogens is 3. The van der Waals surface area contributed by atoms with E-state index in [1.165, 1.54) is 5.38 Å². The molecule has 1 heterocycles. The fraction of sp³-hybridized carbons (Fsp3) is 0.429. The predicted octanol–water partition coefficient (Wildman–Crippen LogP) is 2.21. The van der Waals surface area contributed by atoms with Crippen molar-refractivity contribution in [2.45, 2.75) is 12.6 Å². The quantitative estimate of drug-likeness (QED) is 0.846. The lowest BCUT2D eigenvalue weighted by atomic mass is 10.4. The smallest absolute Gasteiger partial charge is 0.390 e. The van der Waals surface area contributed by atoms with Crippen molar-refractivity contribution in [1.29, 1.82) is 0 Å². The third kappa shape index (κ3) is 4.15. The van der Waals surface area contributed by atoms with Crippen molar-refractivity contribution in [3.8, 4) is 0 Å². The summed E-state index contributed by atoms with van der Waals surface area (Å²) in [6.07, 6.45) is -5.20. The highest BCUT2D eigenvalue weighted by molar-refractivity contribution is 7.13. The van der Waals surface area contributed by atoms with Gasteiger partial charge in [0.15, 0.2) is 10.8 Å². The molecule has 0 bridgehead atoms. The molecule has 0 aliphatic rings. The molecule has 0 radical (unpaired) electrons. The number of carboxylic acids is 1. The van der Waals surface area contributed by atoms with Gasteiger partial charge in [-0.05, 0) is 0 Å². The maximum atomic E-state index is 11.7. The van der Waals surface area contributed by atoms with E-state index >= 15 is 0 Å². The molecule has 15 heavy (non-hydrogen) atoms. The van der Waals surface area contributed by atoms with Crippen LogP contribution in [0.3, 0.4) is 0 Å². The molecule has 8 heteroatoms. The lowest BCUT2D eigenvalue weighted by Crippen LogP contribution is -2.14. The molecular weight excluding hydrogens is 233 g/mol. The molecule has 0 spiro atoms. The number of nitrogens with one attached hydrogen (secondary N) is 1. The van der Waals surface area contributed by atoms with Crippen LogP contribution in [0, 0.1) is 0 Å². The summed E-state index contributed by atoms with van der Waals surface area (Å²) >= 11 is 0.958. The Morgan fingerprint density at radius 2 is 2.27 bits per heavy atom. The molecule has 0 aliphatic carbocycles. The van der Waals surface area contributed by atoms with E-state index < -0.39 is 18.6 Å². The summed E-state index contributed by atoms with van der Waals surface area (Å²) in [5, 5.41) is 12.3. The highest BCUT2D eigenvalue weighted by Gasteiger charge is 2.26. The van der Waals surface area contributed by atoms with Gasteiger partial charge in [-0.3, -0.25) is 0 Å². The number of anilines is 1. The normalized spacial score (nSPS) is 11.4. The largest absolute Gasteiger partial charge is 0.476 e. The van der Waals surface area contributed by atoms with Gasteiger partial charge in [0.05, 0.1) is 6.42 Å². The standard InChI is InChI=1S/C7H7F3N2O2S/c8-7(9,10)1-2-11-6-12-4(3-15-6)5(13)14/h3H,1-2H2,(H,11,12)(H,13,14). The lowest BCUT2D eigenvalue weighted by molar-refractivity contribution is -0.131. The summed E-state index contributed by atoms with van der Waals surface area (Å²) in [6.45, 7) is -0.309. The van der Waals surface area contributed by atoms with Crippen molar-refractivity contribution < 1.29 is 23.1 Å². The molecule has 1 rings (SSSR count). The zero-order valence-electron chi connectivity index (χ0n) is 7.34. The van der Waals surface area contributed by atoms with Crippen molar-refractivity contribution in [3.63, 3.8) is 0 Å². The Hall–Kier alpha value is -1.31. The summed E-state index contributed by atoms with van der Waals surface area (Å²) in [7, 11) is 0. The fourth-order valence-electron chi connectivity index (χ4n) is 0.764. The Kier molecular flexibility index (Phi) is 3.51. The van der Waals surface area contributed by atoms with Crippen LogP contribution >= 0.6 is 11.3 Å². The topological polar surface area (TPSA) is 62.2 Å². The second-order valence-electron chi connectivity index (χ2n) is 2.64. The van der Waals surface area contributed by atoms with Gasteiger partial charge in [-0.2, -0.15) is 13.2 Å². The maximum Gasteiger partial charge on any atom is 0.390 e. The van der Waals surface area contributed by atoms with Crippen LogP contribution in [0.4, 0.5) is 18.3 Å². The molecule has 0 aromatic carbocycles. The summed E-state index contributed by atoms with van der Waals surface area (Å²) in [5.74, 6) is -1.20. The highest BCUT2D eigenvalue weighted by Crippen LogP contribution is 2.20. The highest BCUT2D eigenvalue weighted by atomic mass is 32.1. The number of alkyl halides is 3. The molecule has 1 aromatic heterocycles. The molecule has 84 valence electrons. The lowest BCUT2D eigenvalue weighted by Gasteiger charge is -2.05. The van der Waals surface area contributed by atoms with Crippen LogP contribution in [0.1, 0.15) is 16.9 Å². The van der Waals surface area contributed by atoms with Crippen molar-refractivity contribution in [3.05, 3.63) is 11.1 Å². The Morgan fingerprint density at radius 1 is 1.60 bits per heavy atom. The van der Waals surface area contributed by atoms with Crippen LogP contribution in [0.25, 0.3) is 0 Å². The van der Waals surface area contributed by atoms with E-state index in [-0.39, 0.29) is 17.4 Å². The Labute approximate surface area is 86.8 Å². The van der Waals surface area contributed by atoms with Crippen molar-refractivity contribution >= 4 is 22.4 Å². The number of carbonyl (C=O) groups is 1. The average molecular weight is 240 g/mol. The summed E-state index contributed by atoms with van der Waals surface area (Å²) < 4.78 is 35.2. The number of carboxylic acid groups (broad SMARTS) is 1. The van der Waals surface area contributed by atoms with Gasteiger partial charge in [0.2, 0.25) is 0 Å². The first kappa shape index (κ1) is 11.8. The minimum atomic E-state index is -4.22. The van der Waals surface area contributed by atoms with E-state index in [4.69, 9.17) is 5.11 Å². The van der Waals surface area contributed by atoms with Crippen LogP contribution in [0.15, 0.2) is 5.38 Å². The molecule has 0 unspecified atom stereocenters. The molecule has 4 nitrogen and oxygen atoms in total. The molecule has 2 N–H and O–H groups in total. The number of nitrogens with zero attached hydrogens (tertiary/aromatic N) is 1. The Balaban J connectivity index is 2.41. The van der Waals surface area contributed by atoms with Gasteiger partial charge in [0, 0.05) is 11.9 Å². The summed E-state index contributed by atoms with van der Waals surface area (Å²) in [5.41, 5.74) is -0.172. The minimum absolute atomic E-state index is 0.172. The van der Waals surface area contributed by atoms with E-state index in [1.807, 2.05) is 0 Å². The van der Waals surface area contributed by atoms with Gasteiger partial charge in [0.25, 0.3) is 0 Å². The monoisotopic (exact) mass is 240 g/mol. The molecule has 0 aliphatic heterocycles. The zero-order valence-corrected chi connectivity index (χ0v) is 8.15. The maximum absolute atomic E-state index is 11.7. The molecule has 0 saturated heterocycles. The van der Waals surface area contributed by atoms with Gasteiger partial charge < -0.3 is 10.4 Å². The molecule has 0 atom stereocenters. The van der Waals surface area contributed by atoms with Crippen LogP contribution in [-0.2, 0) is 0 Å². The third-order valence-corrected chi connectivity index (χ3v) is 2.21. The number of rotatable bonds is 4. The SMILES string of the molecule is O=C(O)c1csc(NCCC(F)(F)F)n1. The van der Waals surface area contributed by atoms with Gasteiger partial charge in [-0.1, -0.05) is 0 Å². The van der Waals surface area contributed by atoms with Crippen LogP contribution in [-0.4, -0.2) is 28.8 Å². The van der Waals surface area contributed by atoms with Crippen LogP contribution in [0.5, 0.6) is 0 Å². The van der Waals surface area contributed by atoms with Crippen LogP contribution in [0.2, 0.25) is 0 Å². The Bertz CT molecular complexity index is 350. The van der Waals surface area contributed by atoms with Crippen molar-refractivity contribution in [2.75, 3.05) is 11.9 Å². The average Bonchev–Trinajstić information content (AvgIpc) is 2.50. The zero-order chi connectivity index (χ0) is 11.5. The second kappa shape index (κ2) is 4.47. The first-order valence-corrected chi connectivity index (χ1v) is 4.76. The number of thiazole rings is 1. The molecule has 0 saturated carbocycles. The third-order valence-electron chi connectivity index (χ3n) is 1.41. The van der Waals surface area contributed by atoms with Gasteiger partial charge in [-0.15, -0.1) is 11.3 Å². The van der Waals surface area contributed by atoms with Gasteiger partial charge in [-0.25, -0.2) is 9.78 Å². The first-order chi connectivity index (χ1) is 6.88. The first-order valence-electron chi connectivity index (χ1n) is 3.88. The van der Waals surface area contributed by atoms with E-state index in [9.17, 15) is 18.0 Å². The van der Waals surface area contributed by atoms with Gasteiger partial charge >= 0.3 is 12.1 Å². The second-order valence-corrected chi connectivity index (χ2v) is 3.49. The molecule has 0 fully saturated rings. The van der Waals surface area contributed by atoms with E-state index in [0.29, 0.717) is 0 Å². The number of hydrogen-bond acceptors (Lipinski definition) is 4. The van der Waals surface area contributed by atoms with Gasteiger partial charge in [0.1, 0.15) is 0 Å². The summed E-state index contributed by atoms with van der Waals surface area (Å²) in [6, 6.07) is 0. The predicted molar refractivity (Wildman–Crippen MR) is 48.2 cm³/mol. The number of aromatic nitrogens is 1. The minimum Gasteiger partial charge on any atom is -0.476 e. The number of hydrogen-bond donors (Lipinski definition) is 2. The van der Waals surface area contributed by atoms with E-state index in [1.54, 1.807) is 0 Å². The fourth-order valence-corrected chi connectivity index (χ4v) is 1.48.